The fourth-order valence-electron chi connectivity index (χ4n) is 5.06. The molecule has 0 saturated carbocycles. The van der Waals surface area contributed by atoms with Gasteiger partial charge in [-0.3, -0.25) is 10.1 Å². The van der Waals surface area contributed by atoms with E-state index in [9.17, 15) is 20.3 Å². The van der Waals surface area contributed by atoms with Gasteiger partial charge in [-0.25, -0.2) is 0 Å². The second kappa shape index (κ2) is 14.2. The Kier molecular flexibility index (Phi) is 9.96. The van der Waals surface area contributed by atoms with Crippen molar-refractivity contribution >= 4 is 5.97 Å². The highest BCUT2D eigenvalue weighted by molar-refractivity contribution is 5.78. The zero-order chi connectivity index (χ0) is 32.7. The van der Waals surface area contributed by atoms with Crippen LogP contribution in [-0.2, 0) is 24.6 Å². The number of hydrogen-bond acceptors (Lipinski definition) is 9. The predicted octanol–water partition coefficient (Wildman–Crippen LogP) is 5.40. The highest BCUT2D eigenvalue weighted by atomic mass is 16.6. The second-order valence-electron chi connectivity index (χ2n) is 11.1. The van der Waals surface area contributed by atoms with Gasteiger partial charge in [-0.15, -0.1) is 0 Å². The van der Waals surface area contributed by atoms with Crippen molar-refractivity contribution in [3.63, 3.8) is 0 Å². The van der Waals surface area contributed by atoms with Gasteiger partial charge in [-0.05, 0) is 65.9 Å². The summed E-state index contributed by atoms with van der Waals surface area (Å²) < 4.78 is 29.7. The average molecular weight is 625 g/mol. The molecule has 238 valence electrons. The molecule has 5 rings (SSSR count). The van der Waals surface area contributed by atoms with Gasteiger partial charge in [0.1, 0.15) is 49.2 Å². The number of hydrogen-bond donors (Lipinski definition) is 3. The molecule has 4 aromatic rings. The van der Waals surface area contributed by atoms with E-state index in [-0.39, 0.29) is 19.8 Å². The molecule has 10 nitrogen and oxygen atoms in total. The van der Waals surface area contributed by atoms with Crippen molar-refractivity contribution in [1.29, 1.82) is 5.26 Å². The summed E-state index contributed by atoms with van der Waals surface area (Å²) in [5, 5.41) is 31.6. The number of nitrogens with zero attached hydrogens (tertiary/aromatic N) is 1. The maximum absolute atomic E-state index is 11.8. The van der Waals surface area contributed by atoms with E-state index in [1.54, 1.807) is 30.3 Å². The normalized spacial score (nSPS) is 13.3. The summed E-state index contributed by atoms with van der Waals surface area (Å²) in [6, 6.07) is 24.6. The number of carboxylic acids is 1. The first-order chi connectivity index (χ1) is 22.2. The van der Waals surface area contributed by atoms with Crippen LogP contribution in [0, 0.1) is 18.3 Å². The van der Waals surface area contributed by atoms with Crippen molar-refractivity contribution < 1.29 is 38.7 Å². The molecule has 0 unspecified atom stereocenters. The molecule has 0 aliphatic carbocycles. The van der Waals surface area contributed by atoms with Gasteiger partial charge < -0.3 is 33.9 Å². The van der Waals surface area contributed by atoms with Gasteiger partial charge in [0, 0.05) is 18.7 Å². The SMILES string of the molecule is COc1cc(OCc2cccc(-c3ccc4c(c3)OCCO4)c2C)cc(OCc2cccc(C#N)c2)c1CN[C@@](C)(CO)C(=O)O. The number of nitriles is 1. The Bertz CT molecular complexity index is 1770. The molecule has 0 radical (unpaired) electrons. The van der Waals surface area contributed by atoms with Crippen LogP contribution in [0.2, 0.25) is 0 Å². The number of ether oxygens (including phenoxy) is 5. The number of carbonyl (C=O) groups is 1. The molecule has 0 amide bonds. The third-order valence-corrected chi connectivity index (χ3v) is 7.95. The fraction of sp³-hybridized carbons (Fsp3) is 0.278. The van der Waals surface area contributed by atoms with Crippen LogP contribution >= 0.6 is 0 Å². The summed E-state index contributed by atoms with van der Waals surface area (Å²) in [5.74, 6) is 1.56. The molecular weight excluding hydrogens is 588 g/mol. The predicted molar refractivity (Wildman–Crippen MR) is 170 cm³/mol. The van der Waals surface area contributed by atoms with Crippen LogP contribution in [0.1, 0.15) is 34.7 Å². The summed E-state index contributed by atoms with van der Waals surface area (Å²) in [5.41, 5.74) is 4.33. The number of methoxy groups -OCH3 is 1. The number of rotatable bonds is 13. The van der Waals surface area contributed by atoms with Gasteiger partial charge in [-0.1, -0.05) is 36.4 Å². The van der Waals surface area contributed by atoms with E-state index in [0.29, 0.717) is 41.6 Å². The van der Waals surface area contributed by atoms with Crippen LogP contribution in [0.4, 0.5) is 0 Å². The van der Waals surface area contributed by atoms with E-state index in [0.717, 1.165) is 39.3 Å². The molecule has 0 saturated heterocycles. The molecule has 3 N–H and O–H groups in total. The number of benzene rings is 4. The van der Waals surface area contributed by atoms with Gasteiger partial charge in [0.15, 0.2) is 11.5 Å². The van der Waals surface area contributed by atoms with E-state index >= 15 is 0 Å². The van der Waals surface area contributed by atoms with E-state index in [4.69, 9.17) is 23.7 Å². The van der Waals surface area contributed by atoms with E-state index in [1.807, 2.05) is 43.3 Å². The lowest BCUT2D eigenvalue weighted by molar-refractivity contribution is -0.145. The summed E-state index contributed by atoms with van der Waals surface area (Å²) in [6.45, 7) is 4.30. The first kappa shape index (κ1) is 32.2. The van der Waals surface area contributed by atoms with Crippen LogP contribution in [0.15, 0.2) is 72.8 Å². The summed E-state index contributed by atoms with van der Waals surface area (Å²) in [7, 11) is 1.51. The Labute approximate surface area is 267 Å². The Morgan fingerprint density at radius 3 is 2.48 bits per heavy atom. The smallest absolute Gasteiger partial charge is 0.326 e. The van der Waals surface area contributed by atoms with E-state index in [1.165, 1.54) is 14.0 Å². The lowest BCUT2D eigenvalue weighted by Gasteiger charge is -2.25. The molecular formula is C36H36N2O8. The zero-order valence-electron chi connectivity index (χ0n) is 26.0. The molecule has 10 heteroatoms. The van der Waals surface area contributed by atoms with Gasteiger partial charge in [0.05, 0.1) is 30.9 Å². The van der Waals surface area contributed by atoms with Crippen molar-refractivity contribution in [2.24, 2.45) is 0 Å². The van der Waals surface area contributed by atoms with Crippen LogP contribution < -0.4 is 29.0 Å². The maximum Gasteiger partial charge on any atom is 0.326 e. The molecule has 0 fully saturated rings. The Balaban J connectivity index is 1.42. The molecule has 1 aliphatic rings. The molecule has 46 heavy (non-hydrogen) atoms. The zero-order valence-corrected chi connectivity index (χ0v) is 26.0. The second-order valence-corrected chi connectivity index (χ2v) is 11.1. The number of aliphatic hydroxyl groups is 1. The minimum atomic E-state index is -1.58. The highest BCUT2D eigenvalue weighted by Crippen LogP contribution is 2.38. The minimum absolute atomic E-state index is 0.0249. The Hall–Kier alpha value is -5.24. The summed E-state index contributed by atoms with van der Waals surface area (Å²) in [4.78, 5) is 11.8. The average Bonchev–Trinajstić information content (AvgIpc) is 3.09. The molecule has 1 aliphatic heterocycles. The molecule has 0 aromatic heterocycles. The Morgan fingerprint density at radius 2 is 1.74 bits per heavy atom. The first-order valence-corrected chi connectivity index (χ1v) is 14.8. The van der Waals surface area contributed by atoms with Crippen molar-refractivity contribution in [1.82, 2.24) is 5.32 Å². The number of carboxylic acid groups (broad SMARTS) is 1. The number of aliphatic hydroxyl groups excluding tert-OH is 1. The van der Waals surface area contributed by atoms with Crippen molar-refractivity contribution in [2.45, 2.75) is 39.1 Å². The number of fused-ring (bicyclic) bond motifs is 1. The highest BCUT2D eigenvalue weighted by Gasteiger charge is 2.32. The monoisotopic (exact) mass is 624 g/mol. The first-order valence-electron chi connectivity index (χ1n) is 14.8. The van der Waals surface area contributed by atoms with Crippen molar-refractivity contribution in [3.05, 3.63) is 101 Å². The van der Waals surface area contributed by atoms with Gasteiger partial charge >= 0.3 is 5.97 Å². The molecule has 1 atom stereocenters. The van der Waals surface area contributed by atoms with E-state index < -0.39 is 18.1 Å². The molecule has 4 aromatic carbocycles. The summed E-state index contributed by atoms with van der Waals surface area (Å²) in [6.07, 6.45) is 0. The maximum atomic E-state index is 11.8. The lowest BCUT2D eigenvalue weighted by atomic mass is 9.96. The van der Waals surface area contributed by atoms with Crippen LogP contribution in [-0.4, -0.2) is 48.7 Å². The van der Waals surface area contributed by atoms with Gasteiger partial charge in [0.25, 0.3) is 0 Å². The fourth-order valence-corrected chi connectivity index (χ4v) is 5.06. The quantitative estimate of drug-likeness (QED) is 0.177. The topological polar surface area (TPSA) is 140 Å². The van der Waals surface area contributed by atoms with Gasteiger partial charge in [0.2, 0.25) is 0 Å². The van der Waals surface area contributed by atoms with Crippen LogP contribution in [0.25, 0.3) is 11.1 Å². The molecule has 0 bridgehead atoms. The van der Waals surface area contributed by atoms with Crippen molar-refractivity contribution in [2.75, 3.05) is 26.9 Å². The van der Waals surface area contributed by atoms with Gasteiger partial charge in [-0.2, -0.15) is 5.26 Å². The van der Waals surface area contributed by atoms with Crippen LogP contribution in [0.5, 0.6) is 28.7 Å². The third-order valence-electron chi connectivity index (χ3n) is 7.95. The minimum Gasteiger partial charge on any atom is -0.496 e. The number of nitrogens with one attached hydrogen (secondary N) is 1. The van der Waals surface area contributed by atoms with E-state index in [2.05, 4.69) is 17.5 Å². The standard InChI is InChI=1S/C36H36N2O8/c1-23-27(8-5-9-29(23)26-10-11-31-34(15-26)44-13-12-43-31)21-45-28-16-32(42-3)30(19-38-36(2,22-39)35(40)41)33(17-28)46-20-25-7-4-6-24(14-25)18-37/h4-11,14-17,38-39H,12-13,19-22H2,1-3H3,(H,40,41)/t36-/m0/s1. The number of aliphatic carboxylic acids is 1. The Morgan fingerprint density at radius 1 is 0.978 bits per heavy atom. The van der Waals surface area contributed by atoms with Crippen LogP contribution in [0.3, 0.4) is 0 Å². The largest absolute Gasteiger partial charge is 0.496 e. The molecule has 0 spiro atoms. The van der Waals surface area contributed by atoms with Crippen molar-refractivity contribution in [3.8, 4) is 45.9 Å². The summed E-state index contributed by atoms with van der Waals surface area (Å²) >= 11 is 0. The lowest BCUT2D eigenvalue weighted by Crippen LogP contribution is -2.52. The third kappa shape index (κ3) is 7.18. The molecule has 1 heterocycles.